The summed E-state index contributed by atoms with van der Waals surface area (Å²) in [5, 5.41) is 2.61. The van der Waals surface area contributed by atoms with Gasteiger partial charge < -0.3 is 19.5 Å². The van der Waals surface area contributed by atoms with E-state index in [1.165, 1.54) is 14.2 Å². The van der Waals surface area contributed by atoms with E-state index >= 15 is 0 Å². The number of ether oxygens (including phenoxy) is 3. The van der Waals surface area contributed by atoms with Gasteiger partial charge in [0.2, 0.25) is 0 Å². The summed E-state index contributed by atoms with van der Waals surface area (Å²) in [6.07, 6.45) is 0.164. The molecule has 1 rings (SSSR count). The van der Waals surface area contributed by atoms with Gasteiger partial charge >= 0.3 is 18.0 Å². The van der Waals surface area contributed by atoms with Crippen LogP contribution in [0.4, 0.5) is 4.79 Å². The topological polar surface area (TPSA) is 90.9 Å². The molecule has 1 aromatic carbocycles. The van der Waals surface area contributed by atoms with Crippen molar-refractivity contribution in [2.75, 3.05) is 14.2 Å². The van der Waals surface area contributed by atoms with Gasteiger partial charge in [0, 0.05) is 0 Å². The third-order valence-corrected chi connectivity index (χ3v) is 3.60. The van der Waals surface area contributed by atoms with Crippen molar-refractivity contribution in [3.8, 4) is 0 Å². The first-order chi connectivity index (χ1) is 12.2. The number of esters is 2. The molecule has 7 heteroatoms. The van der Waals surface area contributed by atoms with Gasteiger partial charge in [-0.15, -0.1) is 0 Å². The molecule has 1 aromatic rings. The minimum absolute atomic E-state index is 0.331. The van der Waals surface area contributed by atoms with Crippen LogP contribution >= 0.6 is 0 Å². The molecule has 0 aliphatic rings. The second kappa shape index (κ2) is 9.79. The minimum atomic E-state index is -1.28. The van der Waals surface area contributed by atoms with E-state index < -0.39 is 35.6 Å². The third-order valence-electron chi connectivity index (χ3n) is 3.60. The van der Waals surface area contributed by atoms with Crippen LogP contribution in [-0.4, -0.2) is 43.9 Å². The number of carbonyl (C=O) groups excluding carboxylic acids is 3. The molecule has 144 valence electrons. The molecule has 0 fully saturated rings. The second-order valence-electron chi connectivity index (χ2n) is 6.80. The monoisotopic (exact) mass is 365 g/mol. The number of benzene rings is 1. The Kier molecular flexibility index (Phi) is 8.09. The highest BCUT2D eigenvalue weighted by Crippen LogP contribution is 2.17. The van der Waals surface area contributed by atoms with Crippen LogP contribution in [0.5, 0.6) is 0 Å². The average molecular weight is 365 g/mol. The molecule has 0 unspecified atom stereocenters. The van der Waals surface area contributed by atoms with Crippen molar-refractivity contribution in [1.29, 1.82) is 0 Å². The van der Waals surface area contributed by atoms with Crippen molar-refractivity contribution in [1.82, 2.24) is 5.32 Å². The number of aryl methyl sites for hydroxylation is 1. The van der Waals surface area contributed by atoms with Crippen LogP contribution in [0.15, 0.2) is 30.3 Å². The summed E-state index contributed by atoms with van der Waals surface area (Å²) in [6, 6.07) is 8.70. The Bertz CT molecular complexity index is 592. The van der Waals surface area contributed by atoms with E-state index in [-0.39, 0.29) is 0 Å². The normalized spacial score (nSPS) is 12.2. The largest absolute Gasteiger partial charge is 0.468 e. The molecule has 7 nitrogen and oxygen atoms in total. The van der Waals surface area contributed by atoms with Crippen LogP contribution in [0, 0.1) is 5.92 Å². The molecule has 0 heterocycles. The predicted octanol–water partition coefficient (Wildman–Crippen LogP) is 2.47. The zero-order valence-corrected chi connectivity index (χ0v) is 15.9. The van der Waals surface area contributed by atoms with Gasteiger partial charge in [0.25, 0.3) is 0 Å². The lowest BCUT2D eigenvalue weighted by Crippen LogP contribution is -2.49. The van der Waals surface area contributed by atoms with E-state index in [0.29, 0.717) is 12.8 Å². The average Bonchev–Trinajstić information content (AvgIpc) is 2.58. The van der Waals surface area contributed by atoms with Crippen molar-refractivity contribution in [3.05, 3.63) is 35.9 Å². The summed E-state index contributed by atoms with van der Waals surface area (Å²) in [6.45, 7) is 5.18. The van der Waals surface area contributed by atoms with Crippen molar-refractivity contribution < 1.29 is 28.6 Å². The zero-order valence-electron chi connectivity index (χ0n) is 15.9. The van der Waals surface area contributed by atoms with E-state index in [1.54, 1.807) is 20.8 Å². The molecule has 0 aliphatic carbocycles. The lowest BCUT2D eigenvalue weighted by Gasteiger charge is -2.27. The van der Waals surface area contributed by atoms with E-state index in [9.17, 15) is 14.4 Å². The molecular weight excluding hydrogens is 338 g/mol. The Morgan fingerprint density at radius 1 is 1.00 bits per heavy atom. The fraction of sp³-hybridized carbons (Fsp3) is 0.526. The lowest BCUT2D eigenvalue weighted by molar-refractivity contribution is -0.160. The molecule has 26 heavy (non-hydrogen) atoms. The molecule has 0 spiro atoms. The highest BCUT2D eigenvalue weighted by molar-refractivity contribution is 5.96. The smallest absolute Gasteiger partial charge is 0.407 e. The summed E-state index contributed by atoms with van der Waals surface area (Å²) >= 11 is 0. The Balaban J connectivity index is 2.99. The predicted molar refractivity (Wildman–Crippen MR) is 95.4 cm³/mol. The van der Waals surface area contributed by atoms with Gasteiger partial charge in [-0.25, -0.2) is 4.79 Å². The Morgan fingerprint density at radius 3 is 2.00 bits per heavy atom. The van der Waals surface area contributed by atoms with Crippen molar-refractivity contribution in [3.63, 3.8) is 0 Å². The van der Waals surface area contributed by atoms with Crippen molar-refractivity contribution >= 4 is 18.0 Å². The van der Waals surface area contributed by atoms with Crippen molar-refractivity contribution in [2.45, 2.75) is 45.3 Å². The maximum atomic E-state index is 12.2. The molecule has 0 radical (unpaired) electrons. The summed E-state index contributed by atoms with van der Waals surface area (Å²) in [5.41, 5.74) is 0.303. The SMILES string of the molecule is COC(=O)C(C(=O)OC)[C@@H](CCc1ccccc1)NC(=O)OC(C)(C)C. The number of hydrogen-bond acceptors (Lipinski definition) is 6. The molecule has 1 amide bonds. The van der Waals surface area contributed by atoms with Gasteiger partial charge in [-0.2, -0.15) is 0 Å². The molecule has 0 saturated carbocycles. The van der Waals surface area contributed by atoms with Gasteiger partial charge in [-0.1, -0.05) is 30.3 Å². The second-order valence-corrected chi connectivity index (χ2v) is 6.80. The maximum absolute atomic E-state index is 12.2. The van der Waals surface area contributed by atoms with Gasteiger partial charge in [-0.3, -0.25) is 9.59 Å². The van der Waals surface area contributed by atoms with Gasteiger partial charge in [0.1, 0.15) is 5.60 Å². The highest BCUT2D eigenvalue weighted by Gasteiger charge is 2.38. The van der Waals surface area contributed by atoms with Crippen LogP contribution < -0.4 is 5.32 Å². The maximum Gasteiger partial charge on any atom is 0.407 e. The number of alkyl carbamates (subject to hydrolysis) is 1. The number of amides is 1. The molecule has 0 bridgehead atoms. The fourth-order valence-electron chi connectivity index (χ4n) is 2.43. The number of nitrogens with one attached hydrogen (secondary N) is 1. The molecule has 1 atom stereocenters. The van der Waals surface area contributed by atoms with E-state index in [1.807, 2.05) is 30.3 Å². The van der Waals surface area contributed by atoms with Crippen LogP contribution in [0.2, 0.25) is 0 Å². The summed E-state index contributed by atoms with van der Waals surface area (Å²) in [7, 11) is 2.36. The van der Waals surface area contributed by atoms with Crippen molar-refractivity contribution in [2.24, 2.45) is 5.92 Å². The fourth-order valence-corrected chi connectivity index (χ4v) is 2.43. The Morgan fingerprint density at radius 2 is 1.54 bits per heavy atom. The molecule has 1 N–H and O–H groups in total. The molecule has 0 aromatic heterocycles. The number of hydrogen-bond donors (Lipinski definition) is 1. The molecule has 0 aliphatic heterocycles. The highest BCUT2D eigenvalue weighted by atomic mass is 16.6. The number of carbonyl (C=O) groups is 3. The first kappa shape index (κ1) is 21.5. The van der Waals surface area contributed by atoms with Crippen LogP contribution in [-0.2, 0) is 30.2 Å². The van der Waals surface area contributed by atoms with E-state index in [0.717, 1.165) is 5.56 Å². The van der Waals surface area contributed by atoms with Crippen LogP contribution in [0.3, 0.4) is 0 Å². The Labute approximate surface area is 154 Å². The van der Waals surface area contributed by atoms with E-state index in [4.69, 9.17) is 14.2 Å². The Hall–Kier alpha value is -2.57. The summed E-state index contributed by atoms with van der Waals surface area (Å²) in [4.78, 5) is 36.4. The first-order valence-electron chi connectivity index (χ1n) is 8.37. The van der Waals surface area contributed by atoms with Gasteiger partial charge in [-0.05, 0) is 39.2 Å². The van der Waals surface area contributed by atoms with Gasteiger partial charge in [0.05, 0.1) is 20.3 Å². The molecular formula is C19H27NO6. The lowest BCUT2D eigenvalue weighted by atomic mass is 9.93. The third kappa shape index (κ3) is 7.13. The molecule has 0 saturated heterocycles. The quantitative estimate of drug-likeness (QED) is 0.453. The van der Waals surface area contributed by atoms with E-state index in [2.05, 4.69) is 5.32 Å². The zero-order chi connectivity index (χ0) is 19.7. The van der Waals surface area contributed by atoms with Gasteiger partial charge in [0.15, 0.2) is 5.92 Å². The van der Waals surface area contributed by atoms with Crippen LogP contribution in [0.25, 0.3) is 0 Å². The number of rotatable bonds is 7. The summed E-state index contributed by atoms with van der Waals surface area (Å²) < 4.78 is 14.7. The first-order valence-corrected chi connectivity index (χ1v) is 8.37. The number of methoxy groups -OCH3 is 2. The standard InChI is InChI=1S/C19H27NO6/c1-19(2,3)26-18(23)20-14(12-11-13-9-7-6-8-10-13)15(16(21)24-4)17(22)25-5/h6-10,14-15H,11-12H2,1-5H3,(H,20,23)/t14-/m1/s1. The summed E-state index contributed by atoms with van der Waals surface area (Å²) in [5.74, 6) is -2.82. The van der Waals surface area contributed by atoms with Crippen LogP contribution in [0.1, 0.15) is 32.8 Å². The minimum Gasteiger partial charge on any atom is -0.468 e.